The lowest BCUT2D eigenvalue weighted by Crippen LogP contribution is -2.54. The van der Waals surface area contributed by atoms with Gasteiger partial charge in [-0.15, -0.1) is 0 Å². The molecule has 0 bridgehead atoms. The van der Waals surface area contributed by atoms with Crippen LogP contribution in [0.1, 0.15) is 23.6 Å². The highest BCUT2D eigenvalue weighted by Crippen LogP contribution is 2.35. The zero-order chi connectivity index (χ0) is 21.3. The molecule has 4 amide bonds. The van der Waals surface area contributed by atoms with Crippen molar-refractivity contribution in [2.45, 2.75) is 20.8 Å². The van der Waals surface area contributed by atoms with Crippen LogP contribution in [0.15, 0.2) is 40.4 Å². The Morgan fingerprint density at radius 1 is 1.10 bits per heavy atom. The van der Waals surface area contributed by atoms with Gasteiger partial charge in [-0.3, -0.25) is 14.9 Å². The van der Waals surface area contributed by atoms with Crippen LogP contribution in [0.3, 0.4) is 0 Å². The lowest BCUT2D eigenvalue weighted by atomic mass is 10.1. The van der Waals surface area contributed by atoms with Crippen molar-refractivity contribution in [2.75, 3.05) is 11.5 Å². The molecule has 0 unspecified atom stereocenters. The predicted molar refractivity (Wildman–Crippen MR) is 115 cm³/mol. The maximum Gasteiger partial charge on any atom is 0.335 e. The van der Waals surface area contributed by atoms with Gasteiger partial charge in [0.2, 0.25) is 0 Å². The van der Waals surface area contributed by atoms with Crippen molar-refractivity contribution < 1.29 is 19.1 Å². The summed E-state index contributed by atoms with van der Waals surface area (Å²) in [4.78, 5) is 38.7. The third-order valence-corrected chi connectivity index (χ3v) is 5.06. The largest absolute Gasteiger partial charge is 0.491 e. The molecule has 150 valence electrons. The summed E-state index contributed by atoms with van der Waals surface area (Å²) in [5.41, 5.74) is 2.53. The van der Waals surface area contributed by atoms with Crippen molar-refractivity contribution >= 4 is 57.1 Å². The summed E-state index contributed by atoms with van der Waals surface area (Å²) in [6.45, 7) is 6.00. The number of barbiturate groups is 1. The number of amides is 4. The number of aryl methyl sites for hydroxylation is 2. The molecule has 0 spiro atoms. The number of halogens is 2. The Kier molecular flexibility index (Phi) is 6.10. The van der Waals surface area contributed by atoms with E-state index >= 15 is 0 Å². The highest BCUT2D eigenvalue weighted by atomic mass is 79.9. The number of hydrogen-bond donors (Lipinski definition) is 1. The van der Waals surface area contributed by atoms with Crippen LogP contribution in [0.25, 0.3) is 6.08 Å². The van der Waals surface area contributed by atoms with Crippen LogP contribution in [-0.4, -0.2) is 24.5 Å². The topological polar surface area (TPSA) is 75.7 Å². The van der Waals surface area contributed by atoms with E-state index in [1.807, 2.05) is 26.8 Å². The molecule has 0 atom stereocenters. The Hall–Kier alpha value is -2.64. The van der Waals surface area contributed by atoms with E-state index in [2.05, 4.69) is 21.2 Å². The molecule has 6 nitrogen and oxygen atoms in total. The van der Waals surface area contributed by atoms with E-state index in [-0.39, 0.29) is 5.57 Å². The standard InChI is InChI=1S/C21H18BrClN2O4/c1-4-29-18-16(22)9-13(10-17(18)23)8-15-19(26)24-21(28)25(20(15)27)14-6-11(2)5-12(3)7-14/h5-10H,4H2,1-3H3,(H,24,26,28)/b15-8+. The van der Waals surface area contributed by atoms with Crippen molar-refractivity contribution in [3.63, 3.8) is 0 Å². The molecule has 1 aliphatic heterocycles. The van der Waals surface area contributed by atoms with Gasteiger partial charge < -0.3 is 4.74 Å². The van der Waals surface area contributed by atoms with Gasteiger partial charge in [-0.2, -0.15) is 0 Å². The van der Waals surface area contributed by atoms with Crippen LogP contribution in [0.4, 0.5) is 10.5 Å². The van der Waals surface area contributed by atoms with Crippen LogP contribution in [0.2, 0.25) is 5.02 Å². The third kappa shape index (κ3) is 4.36. The summed E-state index contributed by atoms with van der Waals surface area (Å²) in [6.07, 6.45) is 1.39. The fraction of sp³-hybridized carbons (Fsp3) is 0.190. The molecule has 29 heavy (non-hydrogen) atoms. The molecule has 2 aromatic rings. The number of hydrogen-bond acceptors (Lipinski definition) is 4. The number of carbonyl (C=O) groups is 3. The summed E-state index contributed by atoms with van der Waals surface area (Å²) < 4.78 is 6.05. The zero-order valence-corrected chi connectivity index (χ0v) is 18.3. The molecule has 0 radical (unpaired) electrons. The van der Waals surface area contributed by atoms with Gasteiger partial charge >= 0.3 is 6.03 Å². The van der Waals surface area contributed by atoms with E-state index in [1.54, 1.807) is 24.3 Å². The van der Waals surface area contributed by atoms with E-state index < -0.39 is 17.8 Å². The monoisotopic (exact) mass is 476 g/mol. The van der Waals surface area contributed by atoms with Crippen LogP contribution in [0, 0.1) is 13.8 Å². The molecule has 1 fully saturated rings. The lowest BCUT2D eigenvalue weighted by Gasteiger charge is -2.27. The van der Waals surface area contributed by atoms with Crippen molar-refractivity contribution in [3.8, 4) is 5.75 Å². The minimum absolute atomic E-state index is 0.170. The van der Waals surface area contributed by atoms with Crippen LogP contribution < -0.4 is 15.0 Å². The second kappa shape index (κ2) is 8.39. The van der Waals surface area contributed by atoms with Crippen LogP contribution >= 0.6 is 27.5 Å². The number of ether oxygens (including phenoxy) is 1. The summed E-state index contributed by atoms with van der Waals surface area (Å²) in [6, 6.07) is 7.83. The Morgan fingerprint density at radius 3 is 2.34 bits per heavy atom. The Bertz CT molecular complexity index is 1020. The average molecular weight is 478 g/mol. The van der Waals surface area contributed by atoms with Gasteiger partial charge in [0.25, 0.3) is 11.8 Å². The normalized spacial score (nSPS) is 15.7. The summed E-state index contributed by atoms with van der Waals surface area (Å²) in [5, 5.41) is 2.55. The lowest BCUT2D eigenvalue weighted by molar-refractivity contribution is -0.122. The zero-order valence-electron chi connectivity index (χ0n) is 16.0. The first-order valence-corrected chi connectivity index (χ1v) is 10.00. The first kappa shape index (κ1) is 21.1. The summed E-state index contributed by atoms with van der Waals surface area (Å²) >= 11 is 9.63. The smallest absolute Gasteiger partial charge is 0.335 e. The number of urea groups is 1. The molecule has 0 aromatic heterocycles. The number of benzene rings is 2. The summed E-state index contributed by atoms with van der Waals surface area (Å²) in [5.74, 6) is -0.991. The first-order valence-electron chi connectivity index (χ1n) is 8.83. The minimum atomic E-state index is -0.784. The van der Waals surface area contributed by atoms with E-state index in [1.165, 1.54) is 6.08 Å². The van der Waals surface area contributed by atoms with Gasteiger partial charge in [0.1, 0.15) is 5.57 Å². The van der Waals surface area contributed by atoms with E-state index in [0.29, 0.717) is 33.1 Å². The minimum Gasteiger partial charge on any atom is -0.491 e. The molecule has 1 heterocycles. The summed E-state index contributed by atoms with van der Waals surface area (Å²) in [7, 11) is 0. The van der Waals surface area contributed by atoms with Gasteiger partial charge in [0, 0.05) is 0 Å². The van der Waals surface area contributed by atoms with Gasteiger partial charge in [-0.25, -0.2) is 9.69 Å². The first-order chi connectivity index (χ1) is 13.7. The number of carbonyl (C=O) groups excluding carboxylic acids is 3. The van der Waals surface area contributed by atoms with E-state index in [4.69, 9.17) is 16.3 Å². The number of imide groups is 2. The SMILES string of the molecule is CCOc1c(Cl)cc(/C=C2\C(=O)NC(=O)N(c3cc(C)cc(C)c3)C2=O)cc1Br. The fourth-order valence-electron chi connectivity index (χ4n) is 3.08. The molecular formula is C21H18BrClN2O4. The van der Waals surface area contributed by atoms with Crippen molar-refractivity contribution in [1.82, 2.24) is 5.32 Å². The van der Waals surface area contributed by atoms with Gasteiger partial charge in [-0.1, -0.05) is 17.7 Å². The molecule has 3 rings (SSSR count). The van der Waals surface area contributed by atoms with Crippen molar-refractivity contribution in [1.29, 1.82) is 0 Å². The Labute approximate surface area is 181 Å². The fourth-order valence-corrected chi connectivity index (χ4v) is 4.07. The maximum absolute atomic E-state index is 13.0. The molecule has 8 heteroatoms. The molecule has 1 aliphatic rings. The molecule has 0 aliphatic carbocycles. The number of nitrogens with one attached hydrogen (secondary N) is 1. The van der Waals surface area contributed by atoms with Crippen LogP contribution in [-0.2, 0) is 9.59 Å². The highest BCUT2D eigenvalue weighted by molar-refractivity contribution is 9.10. The molecule has 0 saturated carbocycles. The quantitative estimate of drug-likeness (QED) is 0.508. The van der Waals surface area contributed by atoms with E-state index in [0.717, 1.165) is 16.0 Å². The molecule has 2 aromatic carbocycles. The Morgan fingerprint density at radius 2 is 1.76 bits per heavy atom. The maximum atomic E-state index is 13.0. The van der Waals surface area contributed by atoms with Gasteiger partial charge in [0.15, 0.2) is 5.75 Å². The highest BCUT2D eigenvalue weighted by Gasteiger charge is 2.37. The van der Waals surface area contributed by atoms with Crippen molar-refractivity contribution in [2.24, 2.45) is 0 Å². The van der Waals surface area contributed by atoms with Gasteiger partial charge in [0.05, 0.1) is 21.8 Å². The second-order valence-electron chi connectivity index (χ2n) is 6.55. The molecular weight excluding hydrogens is 460 g/mol. The molecule has 1 N–H and O–H groups in total. The predicted octanol–water partition coefficient (Wildman–Crippen LogP) is 4.78. The Balaban J connectivity index is 2.04. The number of anilines is 1. The number of nitrogens with zero attached hydrogens (tertiary/aromatic N) is 1. The second-order valence-corrected chi connectivity index (χ2v) is 7.81. The van der Waals surface area contributed by atoms with E-state index in [9.17, 15) is 14.4 Å². The third-order valence-electron chi connectivity index (χ3n) is 4.19. The van der Waals surface area contributed by atoms with Crippen molar-refractivity contribution in [3.05, 3.63) is 62.1 Å². The number of rotatable bonds is 4. The van der Waals surface area contributed by atoms with Gasteiger partial charge in [-0.05, 0) is 83.7 Å². The average Bonchev–Trinajstić information content (AvgIpc) is 2.61. The van der Waals surface area contributed by atoms with Crippen LogP contribution in [0.5, 0.6) is 5.75 Å². The molecule has 1 saturated heterocycles.